The number of halogens is 1. The fraction of sp³-hybridized carbons (Fsp3) is 0.0833. The summed E-state index contributed by atoms with van der Waals surface area (Å²) in [4.78, 5) is 20.2. The molecule has 0 aliphatic rings. The summed E-state index contributed by atoms with van der Waals surface area (Å²) in [5, 5.41) is 1.33. The molecule has 2 aromatic heterocycles. The van der Waals surface area contributed by atoms with Gasteiger partial charge in [0.25, 0.3) is 0 Å². The number of carbonyl (C=O) groups is 1. The number of pyridine rings is 2. The first-order valence-electron chi connectivity index (χ1n) is 4.92. The number of hydrogen-bond donors (Lipinski definition) is 0. The number of ketones is 1. The highest BCUT2D eigenvalue weighted by atomic mass is 35.5. The van der Waals surface area contributed by atoms with E-state index in [0.29, 0.717) is 10.7 Å². The van der Waals surface area contributed by atoms with Crippen LogP contribution in [0.25, 0.3) is 0 Å². The number of rotatable bonds is 3. The quantitative estimate of drug-likeness (QED) is 0.796. The molecule has 0 spiro atoms. The highest BCUT2D eigenvalue weighted by Crippen LogP contribution is 2.30. The van der Waals surface area contributed by atoms with Gasteiger partial charge in [0.15, 0.2) is 5.78 Å². The first-order valence-corrected chi connectivity index (χ1v) is 6.11. The van der Waals surface area contributed by atoms with Gasteiger partial charge in [0, 0.05) is 24.2 Å². The summed E-state index contributed by atoms with van der Waals surface area (Å²) < 4.78 is 0. The molecule has 0 fully saturated rings. The zero-order valence-corrected chi connectivity index (χ0v) is 10.6. The minimum absolute atomic E-state index is 0.0441. The van der Waals surface area contributed by atoms with E-state index in [2.05, 4.69) is 9.97 Å². The molecule has 0 aromatic carbocycles. The third-order valence-electron chi connectivity index (χ3n) is 2.04. The summed E-state index contributed by atoms with van der Waals surface area (Å²) in [6, 6.07) is 7.10. The van der Waals surface area contributed by atoms with Crippen molar-refractivity contribution in [3.8, 4) is 0 Å². The zero-order chi connectivity index (χ0) is 12.3. The van der Waals surface area contributed by atoms with Gasteiger partial charge in [-0.15, -0.1) is 0 Å². The predicted octanol–water partition coefficient (Wildman–Crippen LogP) is 3.48. The minimum Gasteiger partial charge on any atom is -0.293 e. The van der Waals surface area contributed by atoms with Gasteiger partial charge in [0.1, 0.15) is 10.7 Å². The van der Waals surface area contributed by atoms with Crippen molar-refractivity contribution in [1.29, 1.82) is 0 Å². The smallest absolute Gasteiger partial charge is 0.178 e. The van der Waals surface area contributed by atoms with Gasteiger partial charge in [0.05, 0.1) is 5.02 Å². The molecule has 17 heavy (non-hydrogen) atoms. The minimum atomic E-state index is -0.0441. The van der Waals surface area contributed by atoms with Gasteiger partial charge >= 0.3 is 0 Å². The largest absolute Gasteiger partial charge is 0.293 e. The molecule has 2 rings (SSSR count). The normalized spacial score (nSPS) is 10.2. The lowest BCUT2D eigenvalue weighted by Gasteiger charge is -2.02. The van der Waals surface area contributed by atoms with Crippen LogP contribution in [0.2, 0.25) is 5.02 Å². The second-order valence-electron chi connectivity index (χ2n) is 3.33. The number of hydrogen-bond acceptors (Lipinski definition) is 4. The monoisotopic (exact) mass is 264 g/mol. The Kier molecular flexibility index (Phi) is 3.76. The van der Waals surface area contributed by atoms with Crippen LogP contribution in [0.5, 0.6) is 0 Å². The van der Waals surface area contributed by atoms with Crippen molar-refractivity contribution in [2.45, 2.75) is 16.8 Å². The molecule has 5 heteroatoms. The van der Waals surface area contributed by atoms with Crippen molar-refractivity contribution in [2.75, 3.05) is 0 Å². The third kappa shape index (κ3) is 3.05. The predicted molar refractivity (Wildman–Crippen MR) is 67.6 cm³/mol. The molecule has 2 heterocycles. The summed E-state index contributed by atoms with van der Waals surface area (Å²) in [5.41, 5.74) is 0.460. The van der Waals surface area contributed by atoms with E-state index in [-0.39, 0.29) is 5.78 Å². The highest BCUT2D eigenvalue weighted by Gasteiger charge is 2.05. The maximum absolute atomic E-state index is 11.1. The topological polar surface area (TPSA) is 42.9 Å². The Balaban J connectivity index is 2.20. The van der Waals surface area contributed by atoms with Crippen LogP contribution in [-0.2, 0) is 0 Å². The van der Waals surface area contributed by atoms with Gasteiger partial charge < -0.3 is 0 Å². The van der Waals surface area contributed by atoms with Gasteiger partial charge in [-0.3, -0.25) is 9.78 Å². The molecular weight excluding hydrogens is 256 g/mol. The van der Waals surface area contributed by atoms with Crippen LogP contribution >= 0.6 is 23.4 Å². The van der Waals surface area contributed by atoms with E-state index in [1.54, 1.807) is 30.6 Å². The number of Topliss-reactive ketones (excluding diaryl/α,β-unsaturated/α-hetero) is 1. The highest BCUT2D eigenvalue weighted by molar-refractivity contribution is 7.99. The molecule has 0 bridgehead atoms. The first kappa shape index (κ1) is 12.1. The van der Waals surface area contributed by atoms with Crippen LogP contribution in [0.4, 0.5) is 0 Å². The van der Waals surface area contributed by atoms with Crippen LogP contribution in [0.3, 0.4) is 0 Å². The Morgan fingerprint density at radius 3 is 2.71 bits per heavy atom. The number of aromatic nitrogens is 2. The second kappa shape index (κ2) is 5.29. The number of carbonyl (C=O) groups excluding carboxylic acids is 1. The van der Waals surface area contributed by atoms with E-state index in [9.17, 15) is 4.79 Å². The molecule has 0 saturated carbocycles. The van der Waals surface area contributed by atoms with E-state index < -0.39 is 0 Å². The van der Waals surface area contributed by atoms with E-state index >= 15 is 0 Å². The molecule has 0 N–H and O–H groups in total. The lowest BCUT2D eigenvalue weighted by Crippen LogP contribution is -1.95. The van der Waals surface area contributed by atoms with Gasteiger partial charge in [-0.2, -0.15) is 0 Å². The van der Waals surface area contributed by atoms with Crippen molar-refractivity contribution in [3.05, 3.63) is 47.4 Å². The van der Waals surface area contributed by atoms with Crippen LogP contribution in [0.15, 0.2) is 46.6 Å². The summed E-state index contributed by atoms with van der Waals surface area (Å²) in [5.74, 6) is -0.0441. The second-order valence-corrected chi connectivity index (χ2v) is 4.80. The van der Waals surface area contributed by atoms with E-state index in [4.69, 9.17) is 11.6 Å². The molecule has 0 unspecified atom stereocenters. The Bertz CT molecular complexity index is 542. The summed E-state index contributed by atoms with van der Waals surface area (Å²) >= 11 is 7.42. The fourth-order valence-electron chi connectivity index (χ4n) is 1.21. The van der Waals surface area contributed by atoms with Gasteiger partial charge in [0.2, 0.25) is 0 Å². The van der Waals surface area contributed by atoms with Crippen LogP contribution < -0.4 is 0 Å². The summed E-state index contributed by atoms with van der Waals surface area (Å²) in [7, 11) is 0. The molecule has 0 amide bonds. The van der Waals surface area contributed by atoms with Crippen LogP contribution in [-0.4, -0.2) is 15.8 Å². The third-order valence-corrected chi connectivity index (χ3v) is 3.45. The maximum Gasteiger partial charge on any atom is 0.178 e. The van der Waals surface area contributed by atoms with Crippen molar-refractivity contribution in [3.63, 3.8) is 0 Å². The molecule has 0 radical (unpaired) electrons. The molecule has 0 aliphatic heterocycles. The van der Waals surface area contributed by atoms with E-state index in [0.717, 1.165) is 9.92 Å². The van der Waals surface area contributed by atoms with Crippen LogP contribution in [0, 0.1) is 0 Å². The average molecular weight is 265 g/mol. The fourth-order valence-corrected chi connectivity index (χ4v) is 2.19. The molecule has 0 atom stereocenters. The molecule has 2 aromatic rings. The lowest BCUT2D eigenvalue weighted by atomic mass is 10.3. The van der Waals surface area contributed by atoms with Crippen molar-refractivity contribution >= 4 is 29.1 Å². The standard InChI is InChI=1S/C12H9ClN2OS/c1-8(16)11-5-4-9(7-15-11)17-12-10(13)3-2-6-14-12/h2-7H,1H3. The first-order chi connectivity index (χ1) is 8.16. The maximum atomic E-state index is 11.1. The van der Waals surface area contributed by atoms with Crippen molar-refractivity contribution in [1.82, 2.24) is 9.97 Å². The summed E-state index contributed by atoms with van der Waals surface area (Å²) in [6.07, 6.45) is 3.33. The molecular formula is C12H9ClN2OS. The van der Waals surface area contributed by atoms with E-state index in [1.165, 1.54) is 18.7 Å². The molecule has 3 nitrogen and oxygen atoms in total. The zero-order valence-electron chi connectivity index (χ0n) is 9.05. The Morgan fingerprint density at radius 1 is 1.29 bits per heavy atom. The van der Waals surface area contributed by atoms with E-state index in [1.807, 2.05) is 6.07 Å². The summed E-state index contributed by atoms with van der Waals surface area (Å²) in [6.45, 7) is 1.49. The molecule has 0 aliphatic carbocycles. The Morgan fingerprint density at radius 2 is 2.12 bits per heavy atom. The van der Waals surface area contributed by atoms with Gasteiger partial charge in [-0.25, -0.2) is 4.98 Å². The van der Waals surface area contributed by atoms with Crippen molar-refractivity contribution < 1.29 is 4.79 Å². The molecule has 86 valence electrons. The van der Waals surface area contributed by atoms with Crippen LogP contribution in [0.1, 0.15) is 17.4 Å². The Labute approximate surface area is 108 Å². The SMILES string of the molecule is CC(=O)c1ccc(Sc2ncccc2Cl)cn1. The van der Waals surface area contributed by atoms with Gasteiger partial charge in [-0.1, -0.05) is 23.4 Å². The number of nitrogens with zero attached hydrogens (tertiary/aromatic N) is 2. The molecule has 0 saturated heterocycles. The van der Waals surface area contributed by atoms with Gasteiger partial charge in [-0.05, 0) is 24.3 Å². The van der Waals surface area contributed by atoms with Crippen molar-refractivity contribution in [2.24, 2.45) is 0 Å². The Hall–Kier alpha value is -1.39. The average Bonchev–Trinajstić information content (AvgIpc) is 2.33. The lowest BCUT2D eigenvalue weighted by molar-refractivity contribution is 0.101.